The molecule has 0 amide bonds. The highest BCUT2D eigenvalue weighted by atomic mass is 32.2. The molecule has 3 heterocycles. The van der Waals surface area contributed by atoms with E-state index in [0.29, 0.717) is 17.9 Å². The Balaban J connectivity index is 1.54. The molecular formula is C28H34N6O4S. The van der Waals surface area contributed by atoms with Crippen molar-refractivity contribution in [1.29, 1.82) is 0 Å². The van der Waals surface area contributed by atoms with Gasteiger partial charge in [0.15, 0.2) is 0 Å². The lowest BCUT2D eigenvalue weighted by atomic mass is 10.0. The van der Waals surface area contributed by atoms with E-state index in [0.717, 1.165) is 54.3 Å². The molecule has 0 bridgehead atoms. The zero-order chi connectivity index (χ0) is 27.8. The maximum absolute atomic E-state index is 13.3. The van der Waals surface area contributed by atoms with Crippen molar-refractivity contribution >= 4 is 32.7 Å². The molecule has 1 aliphatic rings. The van der Waals surface area contributed by atoms with Crippen LogP contribution in [0.2, 0.25) is 0 Å². The third-order valence-corrected chi connectivity index (χ3v) is 8.79. The Morgan fingerprint density at radius 2 is 1.74 bits per heavy atom. The number of rotatable bonds is 8. The van der Waals surface area contributed by atoms with E-state index in [1.54, 1.807) is 12.3 Å². The molecule has 39 heavy (non-hydrogen) atoms. The smallest absolute Gasteiger partial charge is 0.246 e. The van der Waals surface area contributed by atoms with Crippen molar-refractivity contribution in [1.82, 2.24) is 19.3 Å². The van der Waals surface area contributed by atoms with Gasteiger partial charge in [-0.2, -0.15) is 0 Å². The summed E-state index contributed by atoms with van der Waals surface area (Å²) in [6.45, 7) is 8.76. The second-order valence-electron chi connectivity index (χ2n) is 10.2. The summed E-state index contributed by atoms with van der Waals surface area (Å²) < 4.78 is 42.0. The Bertz CT molecular complexity index is 1590. The molecule has 0 saturated carbocycles. The van der Waals surface area contributed by atoms with Crippen LogP contribution in [0.5, 0.6) is 5.88 Å². The van der Waals surface area contributed by atoms with Gasteiger partial charge in [0.25, 0.3) is 0 Å². The van der Waals surface area contributed by atoms with Crippen LogP contribution in [0.15, 0.2) is 59.6 Å². The summed E-state index contributed by atoms with van der Waals surface area (Å²) in [5, 5.41) is 0. The fourth-order valence-corrected chi connectivity index (χ4v) is 6.24. The maximum Gasteiger partial charge on any atom is 0.246 e. The lowest BCUT2D eigenvalue weighted by Crippen LogP contribution is -2.42. The van der Waals surface area contributed by atoms with Crippen molar-refractivity contribution in [3.8, 4) is 22.7 Å². The first kappa shape index (κ1) is 26.9. The Kier molecular flexibility index (Phi) is 7.23. The van der Waals surface area contributed by atoms with Crippen LogP contribution >= 0.6 is 0 Å². The van der Waals surface area contributed by atoms with Gasteiger partial charge in [0.05, 0.1) is 31.4 Å². The van der Waals surface area contributed by atoms with Crippen molar-refractivity contribution in [2.75, 3.05) is 44.0 Å². The number of pyridine rings is 1. The van der Waals surface area contributed by atoms with Gasteiger partial charge in [-0.3, -0.25) is 4.57 Å². The molecular weight excluding hydrogens is 516 g/mol. The van der Waals surface area contributed by atoms with Gasteiger partial charge in [-0.05, 0) is 68.3 Å². The van der Waals surface area contributed by atoms with Crippen molar-refractivity contribution in [2.24, 2.45) is 0 Å². The zero-order valence-electron chi connectivity index (χ0n) is 22.6. The molecule has 2 aromatic carbocycles. The first-order valence-corrected chi connectivity index (χ1v) is 14.4. The highest BCUT2D eigenvalue weighted by Gasteiger charge is 2.28. The zero-order valence-corrected chi connectivity index (χ0v) is 23.5. The number of anilines is 2. The second kappa shape index (κ2) is 10.5. The first-order chi connectivity index (χ1) is 18.6. The monoisotopic (exact) mass is 550 g/mol. The number of ether oxygens (including phenoxy) is 2. The highest BCUT2D eigenvalue weighted by molar-refractivity contribution is 7.89. The minimum absolute atomic E-state index is 0.0177. The van der Waals surface area contributed by atoms with E-state index in [2.05, 4.69) is 31.7 Å². The van der Waals surface area contributed by atoms with Gasteiger partial charge in [-0.25, -0.2) is 23.1 Å². The summed E-state index contributed by atoms with van der Waals surface area (Å²) in [6.07, 6.45) is 2.22. The third-order valence-electron chi connectivity index (χ3n) is 7.09. The molecule has 11 heteroatoms. The van der Waals surface area contributed by atoms with Gasteiger partial charge in [0.2, 0.25) is 21.9 Å². The van der Waals surface area contributed by atoms with Crippen molar-refractivity contribution in [2.45, 2.75) is 37.6 Å². The predicted molar refractivity (Wildman–Crippen MR) is 153 cm³/mol. The van der Waals surface area contributed by atoms with Gasteiger partial charge < -0.3 is 20.1 Å². The number of fused-ring (bicyclic) bond motifs is 1. The lowest BCUT2D eigenvalue weighted by Gasteiger charge is -2.29. The van der Waals surface area contributed by atoms with Crippen molar-refractivity contribution in [3.05, 3.63) is 54.7 Å². The second-order valence-corrected chi connectivity index (χ2v) is 11.8. The number of sulfonamides is 1. The van der Waals surface area contributed by atoms with Crippen LogP contribution in [0, 0.1) is 0 Å². The molecule has 0 radical (unpaired) electrons. The Labute approximate surface area is 228 Å². The summed E-state index contributed by atoms with van der Waals surface area (Å²) in [7, 11) is -2.49. The fraction of sp³-hybridized carbons (Fsp3) is 0.357. The molecule has 5 rings (SSSR count). The average molecular weight is 551 g/mol. The van der Waals surface area contributed by atoms with Crippen molar-refractivity contribution < 1.29 is 17.9 Å². The number of imidazole rings is 1. The van der Waals surface area contributed by atoms with Crippen LogP contribution in [0.1, 0.15) is 27.2 Å². The number of hydrogen-bond donors (Lipinski definition) is 2. The summed E-state index contributed by atoms with van der Waals surface area (Å²) in [5.41, 5.74) is 10.7. The number of nitrogens with two attached hydrogens (primary N) is 1. The number of nitrogens with one attached hydrogen (secondary N) is 1. The van der Waals surface area contributed by atoms with E-state index >= 15 is 0 Å². The Morgan fingerprint density at radius 3 is 2.41 bits per heavy atom. The number of hydrogen-bond acceptors (Lipinski definition) is 8. The molecule has 2 aromatic heterocycles. The summed E-state index contributed by atoms with van der Waals surface area (Å²) in [6, 6.07) is 15.5. The Morgan fingerprint density at radius 1 is 1.05 bits per heavy atom. The third kappa shape index (κ3) is 5.42. The normalized spacial score (nSPS) is 14.6. The van der Waals surface area contributed by atoms with E-state index in [1.807, 2.05) is 55.7 Å². The molecule has 1 aliphatic heterocycles. The molecule has 3 N–H and O–H groups in total. The van der Waals surface area contributed by atoms with Crippen LogP contribution in [-0.4, -0.2) is 61.9 Å². The lowest BCUT2D eigenvalue weighted by molar-refractivity contribution is 0.122. The van der Waals surface area contributed by atoms with E-state index < -0.39 is 15.6 Å². The van der Waals surface area contributed by atoms with Gasteiger partial charge in [0.1, 0.15) is 4.90 Å². The first-order valence-electron chi connectivity index (χ1n) is 12.9. The van der Waals surface area contributed by atoms with E-state index in [-0.39, 0.29) is 10.8 Å². The minimum atomic E-state index is -3.89. The number of methoxy groups -OCH3 is 1. The molecule has 10 nitrogen and oxygen atoms in total. The van der Waals surface area contributed by atoms with Crippen LogP contribution in [-0.2, 0) is 14.8 Å². The van der Waals surface area contributed by atoms with Crippen LogP contribution in [0.4, 0.5) is 11.6 Å². The van der Waals surface area contributed by atoms with Crippen LogP contribution < -0.4 is 20.1 Å². The maximum atomic E-state index is 13.3. The van der Waals surface area contributed by atoms with E-state index in [9.17, 15) is 8.42 Å². The summed E-state index contributed by atoms with van der Waals surface area (Å²) in [5.74, 6) is 0.400. The highest BCUT2D eigenvalue weighted by Crippen LogP contribution is 2.32. The standard InChI is InChI=1S/C28H34N6O4S/c1-5-28(2,3)32-39(35,36)25-17-20(18-30-26(25)37-4)19-6-11-23-24(16-19)34(27(29)31-23)22-9-7-21(8-10-22)33-12-14-38-15-13-33/h6-11,16-18,32H,5,12-15H2,1-4H3,(H2,29,31). The van der Waals surface area contributed by atoms with Gasteiger partial charge in [0, 0.05) is 41.8 Å². The predicted octanol–water partition coefficient (Wildman–Crippen LogP) is 3.98. The van der Waals surface area contributed by atoms with Crippen molar-refractivity contribution in [3.63, 3.8) is 0 Å². The molecule has 0 atom stereocenters. The number of benzene rings is 2. The minimum Gasteiger partial charge on any atom is -0.480 e. The van der Waals surface area contributed by atoms with Crippen LogP contribution in [0.25, 0.3) is 27.8 Å². The van der Waals surface area contributed by atoms with Gasteiger partial charge >= 0.3 is 0 Å². The van der Waals surface area contributed by atoms with E-state index in [4.69, 9.17) is 15.2 Å². The SMILES string of the molecule is CCC(C)(C)NS(=O)(=O)c1cc(-c2ccc3nc(N)n(-c4ccc(N5CCOCC5)cc4)c3c2)cnc1OC. The molecule has 4 aromatic rings. The number of nitrogen functional groups attached to an aromatic ring is 1. The van der Waals surface area contributed by atoms with Crippen LogP contribution in [0.3, 0.4) is 0 Å². The van der Waals surface area contributed by atoms with Gasteiger partial charge in [-0.1, -0.05) is 13.0 Å². The molecule has 0 unspecified atom stereocenters. The molecule has 1 fully saturated rings. The molecule has 206 valence electrons. The fourth-order valence-electron chi connectivity index (χ4n) is 4.61. The largest absolute Gasteiger partial charge is 0.480 e. The quantitative estimate of drug-likeness (QED) is 0.338. The number of morpholine rings is 1. The molecule has 1 saturated heterocycles. The molecule has 0 spiro atoms. The topological polar surface area (TPSA) is 125 Å². The summed E-state index contributed by atoms with van der Waals surface area (Å²) in [4.78, 5) is 11.1. The molecule has 0 aliphatic carbocycles. The van der Waals surface area contributed by atoms with E-state index in [1.165, 1.54) is 7.11 Å². The number of aromatic nitrogens is 3. The van der Waals surface area contributed by atoms with Gasteiger partial charge in [-0.15, -0.1) is 0 Å². The summed E-state index contributed by atoms with van der Waals surface area (Å²) >= 11 is 0. The average Bonchev–Trinajstić information content (AvgIpc) is 3.27. The Hall–Kier alpha value is -3.67. The number of nitrogens with zero attached hydrogens (tertiary/aromatic N) is 4.